The molecule has 7 rings (SSSR count). The van der Waals surface area contributed by atoms with Gasteiger partial charge in [0.15, 0.2) is 0 Å². The maximum Gasteiger partial charge on any atom is 0.0464 e. The Balaban J connectivity index is 1.29. The average Bonchev–Trinajstić information content (AvgIpc) is 2.97. The zero-order valence-corrected chi connectivity index (χ0v) is 23.5. The molecule has 0 aliphatic heterocycles. The molecule has 0 saturated carbocycles. The Bertz CT molecular complexity index is 1520. The van der Waals surface area contributed by atoms with Crippen LogP contribution in [0, 0.1) is 0 Å². The fourth-order valence-corrected chi connectivity index (χ4v) is 6.05. The van der Waals surface area contributed by atoms with Gasteiger partial charge in [-0.2, -0.15) is 0 Å². The van der Waals surface area contributed by atoms with Crippen LogP contribution in [0.5, 0.6) is 0 Å². The Hall–Kier alpha value is -4.30. The lowest BCUT2D eigenvalue weighted by molar-refractivity contribution is 0.839. The van der Waals surface area contributed by atoms with Gasteiger partial charge in [-0.25, -0.2) is 0 Å². The summed E-state index contributed by atoms with van der Waals surface area (Å²) in [6.07, 6.45) is 6.85. The van der Waals surface area contributed by atoms with Crippen LogP contribution in [0.25, 0.3) is 0 Å². The summed E-state index contributed by atoms with van der Waals surface area (Å²) in [5.74, 6) is 0. The molecule has 5 aromatic carbocycles. The standard InChI is InChI=1S/C38H36N2/c1-3-27-5-15-33(16-6-27)39(37-19-13-29-9-11-31(29)25-37)35-21-23-36(24-22-35)40(34-17-7-28(4-2)8-18-34)38-20-14-30-10-12-32(30)26-38/h5-8,13-26H,3-4,9-12H2,1-2H3. The lowest BCUT2D eigenvalue weighted by atomic mass is 9.88. The van der Waals surface area contributed by atoms with Gasteiger partial charge < -0.3 is 9.80 Å². The van der Waals surface area contributed by atoms with Gasteiger partial charge in [0.25, 0.3) is 0 Å². The molecule has 0 bridgehead atoms. The van der Waals surface area contributed by atoms with Crippen LogP contribution in [-0.2, 0) is 38.5 Å². The number of rotatable bonds is 8. The van der Waals surface area contributed by atoms with E-state index in [1.165, 1.54) is 93.2 Å². The van der Waals surface area contributed by atoms with Gasteiger partial charge in [0.05, 0.1) is 0 Å². The quantitative estimate of drug-likeness (QED) is 0.201. The molecular weight excluding hydrogens is 484 g/mol. The van der Waals surface area contributed by atoms with Gasteiger partial charge in [-0.1, -0.05) is 50.2 Å². The van der Waals surface area contributed by atoms with Crippen LogP contribution in [0.1, 0.15) is 47.2 Å². The van der Waals surface area contributed by atoms with Crippen molar-refractivity contribution in [3.8, 4) is 0 Å². The summed E-state index contributed by atoms with van der Waals surface area (Å²) >= 11 is 0. The van der Waals surface area contributed by atoms with Crippen molar-refractivity contribution in [2.75, 3.05) is 9.80 Å². The first-order valence-corrected chi connectivity index (χ1v) is 14.8. The number of benzene rings is 5. The summed E-state index contributed by atoms with van der Waals surface area (Å²) in [7, 11) is 0. The zero-order chi connectivity index (χ0) is 27.1. The molecule has 0 atom stereocenters. The van der Waals surface area contributed by atoms with Crippen molar-refractivity contribution in [1.29, 1.82) is 0 Å². The third-order valence-electron chi connectivity index (χ3n) is 8.80. The fourth-order valence-electron chi connectivity index (χ4n) is 6.05. The van der Waals surface area contributed by atoms with E-state index in [0.717, 1.165) is 12.8 Å². The van der Waals surface area contributed by atoms with Crippen molar-refractivity contribution in [2.45, 2.75) is 52.4 Å². The van der Waals surface area contributed by atoms with Gasteiger partial charge in [-0.15, -0.1) is 0 Å². The highest BCUT2D eigenvalue weighted by atomic mass is 15.2. The molecule has 198 valence electrons. The Labute approximate surface area is 238 Å². The van der Waals surface area contributed by atoms with Crippen LogP contribution in [0.3, 0.4) is 0 Å². The molecule has 0 amide bonds. The summed E-state index contributed by atoms with van der Waals surface area (Å²) in [4.78, 5) is 4.79. The lowest BCUT2D eigenvalue weighted by Crippen LogP contribution is -2.15. The molecular formula is C38H36N2. The summed E-state index contributed by atoms with van der Waals surface area (Å²) < 4.78 is 0. The number of aryl methyl sites for hydroxylation is 6. The molecule has 2 aliphatic rings. The second-order valence-electron chi connectivity index (χ2n) is 11.1. The van der Waals surface area contributed by atoms with Gasteiger partial charge in [0.2, 0.25) is 0 Å². The summed E-state index contributed by atoms with van der Waals surface area (Å²) in [5.41, 5.74) is 15.8. The minimum atomic E-state index is 1.05. The van der Waals surface area contributed by atoms with E-state index in [1.807, 2.05) is 0 Å². The van der Waals surface area contributed by atoms with E-state index in [4.69, 9.17) is 0 Å². The number of fused-ring (bicyclic) bond motifs is 2. The third-order valence-corrected chi connectivity index (χ3v) is 8.80. The van der Waals surface area contributed by atoms with Crippen LogP contribution < -0.4 is 9.80 Å². The first-order chi connectivity index (χ1) is 19.7. The Morgan fingerprint density at radius 2 is 0.675 bits per heavy atom. The average molecular weight is 521 g/mol. The van der Waals surface area contributed by atoms with E-state index >= 15 is 0 Å². The number of anilines is 6. The monoisotopic (exact) mass is 520 g/mol. The Morgan fingerprint density at radius 3 is 0.950 bits per heavy atom. The normalized spacial score (nSPS) is 13.1. The van der Waals surface area contributed by atoms with E-state index in [-0.39, 0.29) is 0 Å². The molecule has 0 aromatic heterocycles. The van der Waals surface area contributed by atoms with Gasteiger partial charge in [0.1, 0.15) is 0 Å². The maximum absolute atomic E-state index is 2.40. The predicted octanol–water partition coefficient (Wildman–Crippen LogP) is 9.95. The minimum Gasteiger partial charge on any atom is -0.310 e. The molecule has 0 spiro atoms. The van der Waals surface area contributed by atoms with E-state index in [9.17, 15) is 0 Å². The molecule has 40 heavy (non-hydrogen) atoms. The zero-order valence-electron chi connectivity index (χ0n) is 23.5. The van der Waals surface area contributed by atoms with E-state index < -0.39 is 0 Å². The van der Waals surface area contributed by atoms with Crippen molar-refractivity contribution in [1.82, 2.24) is 0 Å². The molecule has 0 saturated heterocycles. The number of nitrogens with zero attached hydrogens (tertiary/aromatic N) is 2. The van der Waals surface area contributed by atoms with Gasteiger partial charge in [-0.05, 0) is 145 Å². The second kappa shape index (κ2) is 10.4. The summed E-state index contributed by atoms with van der Waals surface area (Å²) in [6, 6.07) is 41.1. The van der Waals surface area contributed by atoms with Crippen molar-refractivity contribution in [3.05, 3.63) is 143 Å². The molecule has 0 radical (unpaired) electrons. The van der Waals surface area contributed by atoms with Crippen LogP contribution in [0.2, 0.25) is 0 Å². The van der Waals surface area contributed by atoms with Crippen LogP contribution in [-0.4, -0.2) is 0 Å². The SMILES string of the molecule is CCc1ccc(N(c2ccc(N(c3ccc(CC)cc3)c3ccc4c(c3)CC4)cc2)c2ccc3c(c2)CC3)cc1. The largest absolute Gasteiger partial charge is 0.310 e. The fraction of sp³-hybridized carbons (Fsp3) is 0.211. The highest BCUT2D eigenvalue weighted by Crippen LogP contribution is 2.41. The van der Waals surface area contributed by atoms with Crippen molar-refractivity contribution >= 4 is 34.1 Å². The first-order valence-electron chi connectivity index (χ1n) is 14.8. The number of hydrogen-bond donors (Lipinski definition) is 0. The lowest BCUT2D eigenvalue weighted by Gasteiger charge is -2.30. The molecule has 0 fully saturated rings. The molecule has 0 unspecified atom stereocenters. The van der Waals surface area contributed by atoms with E-state index in [0.29, 0.717) is 0 Å². The number of hydrogen-bond acceptors (Lipinski definition) is 2. The molecule has 2 nitrogen and oxygen atoms in total. The maximum atomic E-state index is 2.40. The molecule has 0 N–H and O–H groups in total. The Morgan fingerprint density at radius 1 is 0.375 bits per heavy atom. The molecule has 5 aromatic rings. The van der Waals surface area contributed by atoms with Crippen LogP contribution in [0.15, 0.2) is 109 Å². The van der Waals surface area contributed by atoms with E-state index in [1.54, 1.807) is 0 Å². The van der Waals surface area contributed by atoms with E-state index in [2.05, 4.69) is 133 Å². The first kappa shape index (κ1) is 24.7. The van der Waals surface area contributed by atoms with Gasteiger partial charge in [0, 0.05) is 34.1 Å². The predicted molar refractivity (Wildman–Crippen MR) is 169 cm³/mol. The molecule has 0 heterocycles. The summed E-state index contributed by atoms with van der Waals surface area (Å²) in [6.45, 7) is 4.42. The van der Waals surface area contributed by atoms with Crippen LogP contribution >= 0.6 is 0 Å². The van der Waals surface area contributed by atoms with Crippen molar-refractivity contribution in [3.63, 3.8) is 0 Å². The minimum absolute atomic E-state index is 1.05. The summed E-state index contributed by atoms with van der Waals surface area (Å²) in [5, 5.41) is 0. The van der Waals surface area contributed by atoms with Gasteiger partial charge in [-0.3, -0.25) is 0 Å². The second-order valence-corrected chi connectivity index (χ2v) is 11.1. The Kier molecular flexibility index (Phi) is 6.40. The molecule has 2 heteroatoms. The molecule has 2 aliphatic carbocycles. The smallest absolute Gasteiger partial charge is 0.0464 e. The van der Waals surface area contributed by atoms with Crippen LogP contribution in [0.4, 0.5) is 34.1 Å². The topological polar surface area (TPSA) is 6.48 Å². The van der Waals surface area contributed by atoms with Crippen molar-refractivity contribution < 1.29 is 0 Å². The highest BCUT2D eigenvalue weighted by Gasteiger charge is 2.20. The highest BCUT2D eigenvalue weighted by molar-refractivity contribution is 5.82. The third kappa shape index (κ3) is 4.48. The van der Waals surface area contributed by atoms with Crippen molar-refractivity contribution in [2.24, 2.45) is 0 Å². The van der Waals surface area contributed by atoms with Gasteiger partial charge >= 0.3 is 0 Å².